The summed E-state index contributed by atoms with van der Waals surface area (Å²) in [7, 11) is 0. The molecule has 0 radical (unpaired) electrons. The molecule has 2 aromatic rings. The number of nitrogens with one attached hydrogen (secondary N) is 1. The van der Waals surface area contributed by atoms with Crippen LogP contribution in [0.25, 0.3) is 0 Å². The first-order valence-corrected chi connectivity index (χ1v) is 7.43. The third kappa shape index (κ3) is 4.79. The normalized spacial score (nSPS) is 10.2. The number of anilines is 2. The van der Waals surface area contributed by atoms with Crippen molar-refractivity contribution in [2.45, 2.75) is 13.3 Å². The van der Waals surface area contributed by atoms with Gasteiger partial charge in [0.2, 0.25) is 11.8 Å². The molecule has 0 saturated heterocycles. The van der Waals surface area contributed by atoms with Crippen LogP contribution in [0.1, 0.15) is 13.3 Å². The molecule has 0 bridgehead atoms. The summed E-state index contributed by atoms with van der Waals surface area (Å²) in [4.78, 5) is 25.1. The molecule has 120 valence electrons. The lowest BCUT2D eigenvalue weighted by Gasteiger charge is -2.21. The van der Waals surface area contributed by atoms with E-state index in [1.807, 2.05) is 0 Å². The average molecular weight is 335 g/mol. The highest BCUT2D eigenvalue weighted by Gasteiger charge is 2.14. The summed E-state index contributed by atoms with van der Waals surface area (Å²) >= 11 is 5.97. The minimum absolute atomic E-state index is 0.0708. The zero-order valence-electron chi connectivity index (χ0n) is 12.6. The van der Waals surface area contributed by atoms with Crippen molar-refractivity contribution in [3.63, 3.8) is 0 Å². The molecule has 0 spiro atoms. The van der Waals surface area contributed by atoms with E-state index >= 15 is 0 Å². The van der Waals surface area contributed by atoms with Crippen molar-refractivity contribution in [1.82, 2.24) is 0 Å². The van der Waals surface area contributed by atoms with Gasteiger partial charge >= 0.3 is 0 Å². The van der Waals surface area contributed by atoms with Gasteiger partial charge in [-0.25, -0.2) is 4.39 Å². The number of hydrogen-bond donors (Lipinski definition) is 1. The van der Waals surface area contributed by atoms with Gasteiger partial charge in [-0.3, -0.25) is 9.59 Å². The lowest BCUT2D eigenvalue weighted by molar-refractivity contribution is -0.117. The molecule has 0 aromatic heterocycles. The van der Waals surface area contributed by atoms with Crippen LogP contribution in [-0.2, 0) is 9.59 Å². The van der Waals surface area contributed by atoms with Gasteiger partial charge in [-0.2, -0.15) is 0 Å². The van der Waals surface area contributed by atoms with Gasteiger partial charge in [0.25, 0.3) is 0 Å². The van der Waals surface area contributed by atoms with Crippen LogP contribution in [0, 0.1) is 5.82 Å². The summed E-state index contributed by atoms with van der Waals surface area (Å²) in [6, 6.07) is 12.6. The highest BCUT2D eigenvalue weighted by atomic mass is 35.5. The molecular weight excluding hydrogens is 319 g/mol. The van der Waals surface area contributed by atoms with Crippen molar-refractivity contribution in [3.05, 3.63) is 59.4 Å². The van der Waals surface area contributed by atoms with Gasteiger partial charge < -0.3 is 10.2 Å². The molecule has 2 aromatic carbocycles. The van der Waals surface area contributed by atoms with Crippen molar-refractivity contribution in [2.24, 2.45) is 0 Å². The van der Waals surface area contributed by atoms with E-state index in [0.717, 1.165) is 0 Å². The Hall–Kier alpha value is -2.40. The lowest BCUT2D eigenvalue weighted by Crippen LogP contribution is -2.32. The first kappa shape index (κ1) is 17.0. The van der Waals surface area contributed by atoms with E-state index in [0.29, 0.717) is 16.4 Å². The highest BCUT2D eigenvalue weighted by molar-refractivity contribution is 6.33. The molecule has 23 heavy (non-hydrogen) atoms. The highest BCUT2D eigenvalue weighted by Crippen LogP contribution is 2.21. The van der Waals surface area contributed by atoms with E-state index < -0.39 is 5.82 Å². The number of halogens is 2. The standard InChI is InChI=1S/C17H16ClFN2O2/c1-12(22)21(14-6-4-5-13(19)11-14)10-9-17(23)20-16-8-3-2-7-15(16)18/h2-8,11H,9-10H2,1H3,(H,20,23). The SMILES string of the molecule is CC(=O)N(CCC(=O)Nc1ccccc1Cl)c1cccc(F)c1. The molecule has 0 aliphatic heterocycles. The first-order valence-electron chi connectivity index (χ1n) is 7.05. The van der Waals surface area contributed by atoms with Gasteiger partial charge in [0, 0.05) is 25.6 Å². The molecule has 0 heterocycles. The summed E-state index contributed by atoms with van der Waals surface area (Å²) in [5, 5.41) is 3.12. The van der Waals surface area contributed by atoms with E-state index in [1.54, 1.807) is 30.3 Å². The van der Waals surface area contributed by atoms with E-state index in [4.69, 9.17) is 11.6 Å². The van der Waals surface area contributed by atoms with Gasteiger partial charge in [0.05, 0.1) is 10.7 Å². The Labute approximate surface area is 138 Å². The Balaban J connectivity index is 2.00. The monoisotopic (exact) mass is 334 g/mol. The van der Waals surface area contributed by atoms with Crippen LogP contribution in [0.3, 0.4) is 0 Å². The topological polar surface area (TPSA) is 49.4 Å². The van der Waals surface area contributed by atoms with Crippen molar-refractivity contribution in [3.8, 4) is 0 Å². The third-order valence-corrected chi connectivity index (χ3v) is 3.54. The lowest BCUT2D eigenvalue weighted by atomic mass is 10.2. The predicted molar refractivity (Wildman–Crippen MR) is 89.1 cm³/mol. The number of para-hydroxylation sites is 1. The van der Waals surface area contributed by atoms with Crippen LogP contribution in [-0.4, -0.2) is 18.4 Å². The quantitative estimate of drug-likeness (QED) is 0.902. The summed E-state index contributed by atoms with van der Waals surface area (Å²) in [6.45, 7) is 1.52. The first-order chi connectivity index (χ1) is 11.0. The molecule has 1 N–H and O–H groups in total. The molecule has 2 amide bonds. The van der Waals surface area contributed by atoms with Crippen LogP contribution in [0.4, 0.5) is 15.8 Å². The molecule has 4 nitrogen and oxygen atoms in total. The second kappa shape index (κ2) is 7.74. The Morgan fingerprint density at radius 2 is 1.91 bits per heavy atom. The Morgan fingerprint density at radius 3 is 2.57 bits per heavy atom. The summed E-state index contributed by atoms with van der Waals surface area (Å²) in [5.41, 5.74) is 0.933. The number of amides is 2. The van der Waals surface area contributed by atoms with Gasteiger partial charge in [-0.1, -0.05) is 29.8 Å². The molecule has 2 rings (SSSR count). The fourth-order valence-electron chi connectivity index (χ4n) is 2.10. The Morgan fingerprint density at radius 1 is 1.17 bits per heavy atom. The maximum atomic E-state index is 13.3. The van der Waals surface area contributed by atoms with Crippen molar-refractivity contribution < 1.29 is 14.0 Å². The molecule has 6 heteroatoms. The third-order valence-electron chi connectivity index (χ3n) is 3.21. The van der Waals surface area contributed by atoms with Crippen LogP contribution >= 0.6 is 11.6 Å². The second-order valence-corrected chi connectivity index (χ2v) is 5.34. The van der Waals surface area contributed by atoms with Crippen LogP contribution in [0.2, 0.25) is 5.02 Å². The van der Waals surface area contributed by atoms with E-state index in [1.165, 1.54) is 30.0 Å². The van der Waals surface area contributed by atoms with Crippen LogP contribution in [0.15, 0.2) is 48.5 Å². The average Bonchev–Trinajstić information content (AvgIpc) is 2.49. The molecular formula is C17H16ClFN2O2. The number of carbonyl (C=O) groups excluding carboxylic acids is 2. The van der Waals surface area contributed by atoms with E-state index in [-0.39, 0.29) is 24.8 Å². The number of hydrogen-bond acceptors (Lipinski definition) is 2. The molecule has 0 atom stereocenters. The van der Waals surface area contributed by atoms with Crippen molar-refractivity contribution in [1.29, 1.82) is 0 Å². The van der Waals surface area contributed by atoms with Crippen molar-refractivity contribution >= 4 is 34.8 Å². The molecule has 0 saturated carbocycles. The molecule has 0 fully saturated rings. The maximum absolute atomic E-state index is 13.3. The smallest absolute Gasteiger partial charge is 0.226 e. The zero-order chi connectivity index (χ0) is 16.8. The predicted octanol–water partition coefficient (Wildman–Crippen LogP) is 3.86. The van der Waals surface area contributed by atoms with Gasteiger partial charge in [-0.15, -0.1) is 0 Å². The minimum Gasteiger partial charge on any atom is -0.325 e. The number of nitrogens with zero attached hydrogens (tertiary/aromatic N) is 1. The maximum Gasteiger partial charge on any atom is 0.226 e. The fraction of sp³-hybridized carbons (Fsp3) is 0.176. The molecule has 0 aliphatic carbocycles. The fourth-order valence-corrected chi connectivity index (χ4v) is 2.28. The van der Waals surface area contributed by atoms with E-state index in [9.17, 15) is 14.0 Å². The Bertz CT molecular complexity index is 721. The summed E-state index contributed by atoms with van der Waals surface area (Å²) in [6.07, 6.45) is 0.0708. The Kier molecular flexibility index (Phi) is 5.71. The molecule has 0 aliphatic rings. The summed E-state index contributed by atoms with van der Waals surface area (Å²) in [5.74, 6) is -0.976. The number of rotatable bonds is 5. The summed E-state index contributed by atoms with van der Waals surface area (Å²) < 4.78 is 13.3. The van der Waals surface area contributed by atoms with Crippen molar-refractivity contribution in [2.75, 3.05) is 16.8 Å². The van der Waals surface area contributed by atoms with E-state index in [2.05, 4.69) is 5.32 Å². The number of benzene rings is 2. The largest absolute Gasteiger partial charge is 0.325 e. The number of carbonyl (C=O) groups is 2. The van der Waals surface area contributed by atoms with Crippen LogP contribution < -0.4 is 10.2 Å². The zero-order valence-corrected chi connectivity index (χ0v) is 13.3. The van der Waals surface area contributed by atoms with Gasteiger partial charge in [-0.05, 0) is 30.3 Å². The minimum atomic E-state index is -0.436. The van der Waals surface area contributed by atoms with Gasteiger partial charge in [0.15, 0.2) is 0 Å². The molecule has 0 unspecified atom stereocenters. The van der Waals surface area contributed by atoms with Gasteiger partial charge in [0.1, 0.15) is 5.82 Å². The second-order valence-electron chi connectivity index (χ2n) is 4.93. The van der Waals surface area contributed by atoms with Crippen LogP contribution in [0.5, 0.6) is 0 Å².